The number of hydrogen-bond acceptors (Lipinski definition) is 3. The Hall–Kier alpha value is -0.770. The fourth-order valence-corrected chi connectivity index (χ4v) is 2.49. The fraction of sp³-hybridized carbons (Fsp3) is 0.533. The largest absolute Gasteiger partial charge is 0.468 e. The van der Waals surface area contributed by atoms with E-state index in [9.17, 15) is 4.79 Å². The summed E-state index contributed by atoms with van der Waals surface area (Å²) >= 11 is 12.2. The van der Waals surface area contributed by atoms with Gasteiger partial charge in [-0.3, -0.25) is 10.1 Å². The minimum Gasteiger partial charge on any atom is -0.468 e. The smallest absolute Gasteiger partial charge is 0.323 e. The van der Waals surface area contributed by atoms with E-state index in [2.05, 4.69) is 5.32 Å². The van der Waals surface area contributed by atoms with Crippen LogP contribution in [0.2, 0.25) is 10.0 Å². The molecule has 0 radical (unpaired) electrons. The molecule has 0 aliphatic heterocycles. The lowest BCUT2D eigenvalue weighted by molar-refractivity contribution is -0.144. The molecular formula is C15H21Cl2NO2. The van der Waals surface area contributed by atoms with Crippen molar-refractivity contribution in [2.45, 2.75) is 39.3 Å². The van der Waals surface area contributed by atoms with Crippen molar-refractivity contribution in [3.63, 3.8) is 0 Å². The molecule has 1 rings (SSSR count). The van der Waals surface area contributed by atoms with Crippen LogP contribution in [0.25, 0.3) is 0 Å². The Morgan fingerprint density at radius 1 is 1.35 bits per heavy atom. The Balaban J connectivity index is 2.92. The van der Waals surface area contributed by atoms with Crippen molar-refractivity contribution >= 4 is 29.2 Å². The SMILES string of the molecule is CCC(C)C(NC(C)c1cc(Cl)ccc1Cl)C(=O)OC. The van der Waals surface area contributed by atoms with Gasteiger partial charge >= 0.3 is 5.97 Å². The number of rotatable bonds is 6. The normalized spacial score (nSPS) is 15.5. The summed E-state index contributed by atoms with van der Waals surface area (Å²) in [5.41, 5.74) is 0.872. The Morgan fingerprint density at radius 2 is 2.00 bits per heavy atom. The number of esters is 1. The van der Waals surface area contributed by atoms with Crippen LogP contribution in [0.1, 0.15) is 38.8 Å². The second-order valence-corrected chi connectivity index (χ2v) is 5.78. The van der Waals surface area contributed by atoms with Crippen LogP contribution < -0.4 is 5.32 Å². The lowest BCUT2D eigenvalue weighted by Gasteiger charge is -2.26. The lowest BCUT2D eigenvalue weighted by Crippen LogP contribution is -2.43. The molecule has 0 aromatic heterocycles. The second-order valence-electron chi connectivity index (χ2n) is 4.94. The molecule has 3 unspecified atom stereocenters. The van der Waals surface area contributed by atoms with Gasteiger partial charge in [-0.05, 0) is 36.6 Å². The van der Waals surface area contributed by atoms with E-state index in [1.807, 2.05) is 26.8 Å². The van der Waals surface area contributed by atoms with Gasteiger partial charge in [0.25, 0.3) is 0 Å². The molecule has 5 heteroatoms. The van der Waals surface area contributed by atoms with Gasteiger partial charge in [-0.2, -0.15) is 0 Å². The van der Waals surface area contributed by atoms with Crippen LogP contribution >= 0.6 is 23.2 Å². The summed E-state index contributed by atoms with van der Waals surface area (Å²) in [4.78, 5) is 11.9. The molecule has 1 aromatic rings. The predicted octanol–water partition coefficient (Wildman–Crippen LogP) is 4.23. The molecular weight excluding hydrogens is 297 g/mol. The number of carbonyl (C=O) groups excluding carboxylic acids is 1. The van der Waals surface area contributed by atoms with E-state index < -0.39 is 0 Å². The van der Waals surface area contributed by atoms with E-state index >= 15 is 0 Å². The molecule has 0 saturated carbocycles. The molecule has 3 nitrogen and oxygen atoms in total. The molecule has 0 fully saturated rings. The van der Waals surface area contributed by atoms with Crippen molar-refractivity contribution in [3.05, 3.63) is 33.8 Å². The summed E-state index contributed by atoms with van der Waals surface area (Å²) < 4.78 is 4.87. The van der Waals surface area contributed by atoms with Crippen molar-refractivity contribution in [2.24, 2.45) is 5.92 Å². The fourth-order valence-electron chi connectivity index (χ4n) is 2.03. The van der Waals surface area contributed by atoms with Crippen LogP contribution in [0, 0.1) is 5.92 Å². The van der Waals surface area contributed by atoms with Gasteiger partial charge in [-0.25, -0.2) is 0 Å². The average Bonchev–Trinajstić information content (AvgIpc) is 2.45. The summed E-state index contributed by atoms with van der Waals surface area (Å²) in [6, 6.07) is 4.85. The number of hydrogen-bond donors (Lipinski definition) is 1. The molecule has 0 amide bonds. The van der Waals surface area contributed by atoms with Gasteiger partial charge in [0.15, 0.2) is 0 Å². The first kappa shape index (κ1) is 17.3. The Morgan fingerprint density at radius 3 is 2.55 bits per heavy atom. The summed E-state index contributed by atoms with van der Waals surface area (Å²) in [5.74, 6) is -0.0905. The molecule has 0 bridgehead atoms. The number of ether oxygens (including phenoxy) is 1. The molecule has 0 aliphatic carbocycles. The summed E-state index contributed by atoms with van der Waals surface area (Å²) in [7, 11) is 1.40. The Labute approximate surface area is 130 Å². The van der Waals surface area contributed by atoms with Crippen LogP contribution in [0.15, 0.2) is 18.2 Å². The maximum Gasteiger partial charge on any atom is 0.323 e. The zero-order valence-electron chi connectivity index (χ0n) is 12.2. The molecule has 1 aromatic carbocycles. The third kappa shape index (κ3) is 4.37. The van der Waals surface area contributed by atoms with Gasteiger partial charge in [0.1, 0.15) is 6.04 Å². The highest BCUT2D eigenvalue weighted by molar-refractivity contribution is 6.33. The van der Waals surface area contributed by atoms with Crippen molar-refractivity contribution < 1.29 is 9.53 Å². The standard InChI is InChI=1S/C15H21Cl2NO2/c1-5-9(2)14(15(19)20-4)18-10(3)12-8-11(16)6-7-13(12)17/h6-10,14,18H,5H2,1-4H3. The third-order valence-electron chi connectivity index (χ3n) is 3.52. The number of halogens is 2. The van der Waals surface area contributed by atoms with Crippen LogP contribution in [-0.4, -0.2) is 19.1 Å². The molecule has 0 spiro atoms. The van der Waals surface area contributed by atoms with Gasteiger partial charge in [-0.1, -0.05) is 43.5 Å². The number of methoxy groups -OCH3 is 1. The summed E-state index contributed by atoms with van der Waals surface area (Å²) in [5, 5.41) is 4.53. The molecule has 0 saturated heterocycles. The monoisotopic (exact) mass is 317 g/mol. The predicted molar refractivity (Wildman–Crippen MR) is 83.3 cm³/mol. The minimum atomic E-state index is -0.366. The molecule has 0 aliphatic rings. The van der Waals surface area contributed by atoms with Crippen LogP contribution in [0.3, 0.4) is 0 Å². The van der Waals surface area contributed by atoms with Gasteiger partial charge in [-0.15, -0.1) is 0 Å². The van der Waals surface area contributed by atoms with E-state index in [0.717, 1.165) is 12.0 Å². The quantitative estimate of drug-likeness (QED) is 0.798. The summed E-state index contributed by atoms with van der Waals surface area (Å²) in [6.45, 7) is 6.01. The van der Waals surface area contributed by atoms with Gasteiger partial charge < -0.3 is 4.74 Å². The highest BCUT2D eigenvalue weighted by Crippen LogP contribution is 2.27. The minimum absolute atomic E-state index is 0.0979. The van der Waals surface area contributed by atoms with Gasteiger partial charge in [0.2, 0.25) is 0 Å². The maximum absolute atomic E-state index is 11.9. The second kappa shape index (κ2) is 7.87. The highest BCUT2D eigenvalue weighted by atomic mass is 35.5. The van der Waals surface area contributed by atoms with Crippen LogP contribution in [-0.2, 0) is 9.53 Å². The number of benzene rings is 1. The number of carbonyl (C=O) groups is 1. The van der Waals surface area contributed by atoms with Crippen molar-refractivity contribution in [1.29, 1.82) is 0 Å². The van der Waals surface area contributed by atoms with Gasteiger partial charge in [0, 0.05) is 16.1 Å². The summed E-state index contributed by atoms with van der Waals surface area (Å²) in [6.07, 6.45) is 0.878. The van der Waals surface area contributed by atoms with E-state index in [1.165, 1.54) is 7.11 Å². The first-order valence-corrected chi connectivity index (χ1v) is 7.45. The highest BCUT2D eigenvalue weighted by Gasteiger charge is 2.27. The Bertz CT molecular complexity index is 465. The zero-order chi connectivity index (χ0) is 15.3. The molecule has 3 atom stereocenters. The third-order valence-corrected chi connectivity index (χ3v) is 4.10. The first-order chi connectivity index (χ1) is 9.40. The molecule has 1 N–H and O–H groups in total. The number of nitrogens with one attached hydrogen (secondary N) is 1. The van der Waals surface area contributed by atoms with Crippen molar-refractivity contribution in [1.82, 2.24) is 5.32 Å². The van der Waals surface area contributed by atoms with E-state index in [0.29, 0.717) is 10.0 Å². The Kier molecular flexibility index (Phi) is 6.80. The van der Waals surface area contributed by atoms with E-state index in [1.54, 1.807) is 12.1 Å². The zero-order valence-corrected chi connectivity index (χ0v) is 13.8. The van der Waals surface area contributed by atoms with Gasteiger partial charge in [0.05, 0.1) is 7.11 Å². The van der Waals surface area contributed by atoms with E-state index in [-0.39, 0.29) is 24.0 Å². The average molecular weight is 318 g/mol. The van der Waals surface area contributed by atoms with E-state index in [4.69, 9.17) is 27.9 Å². The lowest BCUT2D eigenvalue weighted by atomic mass is 9.97. The topological polar surface area (TPSA) is 38.3 Å². The molecule has 0 heterocycles. The van der Waals surface area contributed by atoms with Crippen molar-refractivity contribution in [3.8, 4) is 0 Å². The molecule has 112 valence electrons. The first-order valence-electron chi connectivity index (χ1n) is 6.69. The maximum atomic E-state index is 11.9. The van der Waals surface area contributed by atoms with Crippen LogP contribution in [0.4, 0.5) is 0 Å². The molecule has 20 heavy (non-hydrogen) atoms. The van der Waals surface area contributed by atoms with Crippen LogP contribution in [0.5, 0.6) is 0 Å². The van der Waals surface area contributed by atoms with Crippen molar-refractivity contribution in [2.75, 3.05) is 7.11 Å².